The maximum absolute atomic E-state index is 13.7. The largest absolute Gasteiger partial charge is 0.490 e. The number of carbonyl (C=O) groups is 1. The van der Waals surface area contributed by atoms with Crippen molar-refractivity contribution in [2.45, 2.75) is 26.6 Å². The van der Waals surface area contributed by atoms with Crippen molar-refractivity contribution < 1.29 is 32.0 Å². The van der Waals surface area contributed by atoms with Crippen LogP contribution in [0.4, 0.5) is 17.6 Å². The van der Waals surface area contributed by atoms with Gasteiger partial charge in [-0.25, -0.2) is 18.9 Å². The number of hydrogen-bond acceptors (Lipinski definition) is 7. The summed E-state index contributed by atoms with van der Waals surface area (Å²) in [4.78, 5) is 17.6. The molecule has 0 radical (unpaired) electrons. The monoisotopic (exact) mass is 529 g/mol. The lowest BCUT2D eigenvalue weighted by molar-refractivity contribution is -0.192. The Bertz CT molecular complexity index is 1550. The van der Waals surface area contributed by atoms with Crippen LogP contribution in [0.5, 0.6) is 0 Å². The molecule has 196 valence electrons. The molecule has 14 heteroatoms. The summed E-state index contributed by atoms with van der Waals surface area (Å²) in [6, 6.07) is 12.6. The molecule has 0 atom stereocenters. The third kappa shape index (κ3) is 6.27. The van der Waals surface area contributed by atoms with Gasteiger partial charge in [0, 0.05) is 24.5 Å². The SMILES string of the molecule is Cc1cc(F)cc(-n2cc(-c3nc(-c4cccc(Cn5ccnc5C)c4)no3)nn2)c1.O=C(O)C(F)(F)F. The van der Waals surface area contributed by atoms with Gasteiger partial charge in [0.25, 0.3) is 5.89 Å². The molecule has 5 rings (SSSR count). The number of aryl methyl sites for hydroxylation is 2. The van der Waals surface area contributed by atoms with Crippen molar-refractivity contribution in [1.29, 1.82) is 0 Å². The van der Waals surface area contributed by atoms with Crippen LogP contribution < -0.4 is 0 Å². The molecule has 38 heavy (non-hydrogen) atoms. The Morgan fingerprint density at radius 2 is 1.89 bits per heavy atom. The van der Waals surface area contributed by atoms with Gasteiger partial charge < -0.3 is 14.2 Å². The van der Waals surface area contributed by atoms with Gasteiger partial charge in [-0.05, 0) is 49.2 Å². The molecule has 0 saturated heterocycles. The minimum absolute atomic E-state index is 0.241. The van der Waals surface area contributed by atoms with Crippen molar-refractivity contribution in [3.05, 3.63) is 83.8 Å². The number of aliphatic carboxylic acids is 1. The molecular formula is C24H19F4N7O3. The number of aromatic nitrogens is 7. The summed E-state index contributed by atoms with van der Waals surface area (Å²) in [6.07, 6.45) is 0.268. The van der Waals surface area contributed by atoms with Crippen LogP contribution in [0, 0.1) is 19.7 Å². The highest BCUT2D eigenvalue weighted by atomic mass is 19.4. The average Bonchev–Trinajstić information content (AvgIpc) is 3.60. The van der Waals surface area contributed by atoms with Crippen LogP contribution in [-0.2, 0) is 11.3 Å². The second kappa shape index (κ2) is 10.6. The lowest BCUT2D eigenvalue weighted by Crippen LogP contribution is -2.21. The fraction of sp³-hybridized carbons (Fsp3) is 0.167. The zero-order valence-corrected chi connectivity index (χ0v) is 19.9. The summed E-state index contributed by atoms with van der Waals surface area (Å²) in [6.45, 7) is 4.48. The van der Waals surface area contributed by atoms with Crippen LogP contribution in [0.25, 0.3) is 28.7 Å². The molecule has 3 aromatic heterocycles. The molecule has 2 aromatic carbocycles. The van der Waals surface area contributed by atoms with Gasteiger partial charge in [0.2, 0.25) is 5.82 Å². The van der Waals surface area contributed by atoms with E-state index in [-0.39, 0.29) is 11.7 Å². The van der Waals surface area contributed by atoms with E-state index in [1.165, 1.54) is 16.8 Å². The second-order valence-corrected chi connectivity index (χ2v) is 8.06. The number of hydrogen-bond donors (Lipinski definition) is 1. The molecule has 0 bridgehead atoms. The lowest BCUT2D eigenvalue weighted by atomic mass is 10.1. The Morgan fingerprint density at radius 3 is 2.55 bits per heavy atom. The highest BCUT2D eigenvalue weighted by Gasteiger charge is 2.38. The Hall–Kier alpha value is -4.88. The standard InChI is InChI=1S/C22H18FN7O.C2HF3O2/c1-14-8-18(23)11-19(9-14)30-13-20(26-28-30)22-25-21(27-31-22)17-5-3-4-16(10-17)12-29-7-6-24-15(29)2;3-2(4,5)1(6)7/h3-11,13H,12H2,1-2H3;(H,6,7). The van der Waals surface area contributed by atoms with Gasteiger partial charge in [0.1, 0.15) is 11.6 Å². The first kappa shape index (κ1) is 26.2. The van der Waals surface area contributed by atoms with E-state index in [4.69, 9.17) is 14.4 Å². The molecule has 10 nitrogen and oxygen atoms in total. The van der Waals surface area contributed by atoms with Gasteiger partial charge in [-0.2, -0.15) is 18.2 Å². The maximum atomic E-state index is 13.7. The van der Waals surface area contributed by atoms with E-state index in [0.29, 0.717) is 23.8 Å². The Morgan fingerprint density at radius 1 is 1.13 bits per heavy atom. The van der Waals surface area contributed by atoms with Crippen LogP contribution in [0.3, 0.4) is 0 Å². The molecule has 0 amide bonds. The minimum atomic E-state index is -5.08. The predicted molar refractivity (Wildman–Crippen MR) is 125 cm³/mol. The van der Waals surface area contributed by atoms with Crippen molar-refractivity contribution in [3.8, 4) is 28.7 Å². The van der Waals surface area contributed by atoms with Gasteiger partial charge in [0.15, 0.2) is 5.69 Å². The highest BCUT2D eigenvalue weighted by molar-refractivity contribution is 5.73. The fourth-order valence-corrected chi connectivity index (χ4v) is 3.36. The number of benzene rings is 2. The molecule has 5 aromatic rings. The zero-order valence-electron chi connectivity index (χ0n) is 19.9. The van der Waals surface area contributed by atoms with Crippen LogP contribution in [0.2, 0.25) is 0 Å². The first-order chi connectivity index (χ1) is 18.0. The van der Waals surface area contributed by atoms with Gasteiger partial charge >= 0.3 is 12.1 Å². The van der Waals surface area contributed by atoms with E-state index >= 15 is 0 Å². The van der Waals surface area contributed by atoms with E-state index in [1.54, 1.807) is 12.4 Å². The number of carboxylic acid groups (broad SMARTS) is 1. The molecule has 3 heterocycles. The summed E-state index contributed by atoms with van der Waals surface area (Å²) in [5, 5.41) is 19.4. The molecule has 1 N–H and O–H groups in total. The van der Waals surface area contributed by atoms with Gasteiger partial charge in [-0.15, -0.1) is 5.10 Å². The molecule has 0 unspecified atom stereocenters. The molecule has 0 aliphatic rings. The highest BCUT2D eigenvalue weighted by Crippen LogP contribution is 2.23. The normalized spacial score (nSPS) is 11.2. The molecule has 0 aliphatic heterocycles. The first-order valence-electron chi connectivity index (χ1n) is 10.9. The predicted octanol–water partition coefficient (Wildman–Crippen LogP) is 4.62. The first-order valence-corrected chi connectivity index (χ1v) is 10.9. The Kier molecular flexibility index (Phi) is 7.32. The fourth-order valence-electron chi connectivity index (χ4n) is 3.36. The smallest absolute Gasteiger partial charge is 0.475 e. The topological polar surface area (TPSA) is 125 Å². The number of nitrogens with zero attached hydrogens (tertiary/aromatic N) is 7. The van der Waals surface area contributed by atoms with Crippen LogP contribution in [0.1, 0.15) is 17.0 Å². The summed E-state index contributed by atoms with van der Waals surface area (Å²) in [5.41, 5.74) is 3.69. The number of alkyl halides is 3. The second-order valence-electron chi connectivity index (χ2n) is 8.06. The Balaban J connectivity index is 0.000000426. The average molecular weight is 529 g/mol. The third-order valence-corrected chi connectivity index (χ3v) is 5.13. The van der Waals surface area contributed by atoms with E-state index in [2.05, 4.69) is 30.0 Å². The molecule has 0 spiro atoms. The van der Waals surface area contributed by atoms with Crippen molar-refractivity contribution in [2.24, 2.45) is 0 Å². The van der Waals surface area contributed by atoms with E-state index in [1.807, 2.05) is 50.4 Å². The van der Waals surface area contributed by atoms with Gasteiger partial charge in [-0.1, -0.05) is 28.6 Å². The van der Waals surface area contributed by atoms with Crippen LogP contribution in [-0.4, -0.2) is 51.9 Å². The zero-order chi connectivity index (χ0) is 27.4. The van der Waals surface area contributed by atoms with Gasteiger partial charge in [-0.3, -0.25) is 0 Å². The minimum Gasteiger partial charge on any atom is -0.475 e. The van der Waals surface area contributed by atoms with E-state index < -0.39 is 12.1 Å². The maximum Gasteiger partial charge on any atom is 0.490 e. The number of imidazole rings is 1. The summed E-state index contributed by atoms with van der Waals surface area (Å²) in [5.74, 6) is -1.45. The van der Waals surface area contributed by atoms with E-state index in [0.717, 1.165) is 22.5 Å². The molecule has 0 fully saturated rings. The summed E-state index contributed by atoms with van der Waals surface area (Å²) in [7, 11) is 0. The molecular weight excluding hydrogens is 510 g/mol. The molecule has 0 saturated carbocycles. The number of carboxylic acids is 1. The van der Waals surface area contributed by atoms with Crippen molar-refractivity contribution in [1.82, 2.24) is 34.7 Å². The Labute approximate surface area is 212 Å². The quantitative estimate of drug-likeness (QED) is 0.327. The van der Waals surface area contributed by atoms with Crippen LogP contribution >= 0.6 is 0 Å². The van der Waals surface area contributed by atoms with E-state index in [9.17, 15) is 17.6 Å². The van der Waals surface area contributed by atoms with Crippen molar-refractivity contribution in [2.75, 3.05) is 0 Å². The van der Waals surface area contributed by atoms with Crippen LogP contribution in [0.15, 0.2) is 65.6 Å². The van der Waals surface area contributed by atoms with Crippen molar-refractivity contribution in [3.63, 3.8) is 0 Å². The van der Waals surface area contributed by atoms with Crippen molar-refractivity contribution >= 4 is 5.97 Å². The van der Waals surface area contributed by atoms with Gasteiger partial charge in [0.05, 0.1) is 11.9 Å². The summed E-state index contributed by atoms with van der Waals surface area (Å²) >= 11 is 0. The summed E-state index contributed by atoms with van der Waals surface area (Å²) < 4.78 is 54.4. The lowest BCUT2D eigenvalue weighted by Gasteiger charge is -2.06. The number of halogens is 4. The molecule has 0 aliphatic carbocycles. The number of rotatable bonds is 5. The third-order valence-electron chi connectivity index (χ3n) is 5.13.